The molecule has 7 atom stereocenters. The lowest BCUT2D eigenvalue weighted by Crippen LogP contribution is -2.58. The van der Waals surface area contributed by atoms with Crippen molar-refractivity contribution in [3.05, 3.63) is 0 Å². The van der Waals surface area contributed by atoms with E-state index in [0.29, 0.717) is 10.8 Å². The first-order chi connectivity index (χ1) is 11.8. The zero-order valence-corrected chi connectivity index (χ0v) is 16.4. The van der Waals surface area contributed by atoms with Crippen LogP contribution in [0.5, 0.6) is 0 Å². The Labute approximate surface area is 153 Å². The normalized spacial score (nSPS) is 51.1. The lowest BCUT2D eigenvalue weighted by molar-refractivity contribution is -0.149. The van der Waals surface area contributed by atoms with E-state index in [2.05, 4.69) is 32.0 Å². The molecule has 2 bridgehead atoms. The Kier molecular flexibility index (Phi) is 4.02. The molecule has 25 heavy (non-hydrogen) atoms. The van der Waals surface area contributed by atoms with Gasteiger partial charge in [0.25, 0.3) is 5.91 Å². The van der Waals surface area contributed by atoms with Crippen molar-refractivity contribution in [1.29, 1.82) is 0 Å². The maximum Gasteiger partial charge on any atom is 0.295 e. The van der Waals surface area contributed by atoms with Crippen LogP contribution < -0.4 is 5.32 Å². The molecule has 0 aliphatic heterocycles. The van der Waals surface area contributed by atoms with Crippen molar-refractivity contribution in [2.45, 2.75) is 78.6 Å². The molecule has 4 aliphatic rings. The molecular weight excluding hydrogens is 306 g/mol. The first-order valence-electron chi connectivity index (χ1n) is 10.6. The summed E-state index contributed by atoms with van der Waals surface area (Å²) >= 11 is 0. The number of carbonyl (C=O) groups is 1. The van der Waals surface area contributed by atoms with Gasteiger partial charge in [-0.05, 0) is 97.2 Å². The largest absolute Gasteiger partial charge is 0.345 e. The zero-order valence-electron chi connectivity index (χ0n) is 16.4. The summed E-state index contributed by atoms with van der Waals surface area (Å²) in [6.45, 7) is 8.31. The van der Waals surface area contributed by atoms with Gasteiger partial charge < -0.3 is 5.32 Å². The van der Waals surface area contributed by atoms with Gasteiger partial charge in [0, 0.05) is 6.54 Å². The van der Waals surface area contributed by atoms with Gasteiger partial charge in [-0.15, -0.1) is 6.42 Å². The molecule has 0 radical (unpaired) electrons. The maximum atomic E-state index is 11.7. The van der Waals surface area contributed by atoms with Crippen molar-refractivity contribution >= 4 is 5.91 Å². The highest BCUT2D eigenvalue weighted by Gasteiger charge is 2.63. The molecule has 0 aromatic heterocycles. The Balaban J connectivity index is 1.61. The summed E-state index contributed by atoms with van der Waals surface area (Å²) < 4.78 is 0. The van der Waals surface area contributed by atoms with Gasteiger partial charge in [0.2, 0.25) is 0 Å². The molecule has 0 aromatic rings. The van der Waals surface area contributed by atoms with Crippen LogP contribution in [0.2, 0.25) is 0 Å². The number of nitrogens with one attached hydrogen (secondary N) is 1. The van der Waals surface area contributed by atoms with Crippen molar-refractivity contribution in [3.8, 4) is 12.3 Å². The lowest BCUT2D eigenvalue weighted by Gasteiger charge is -2.64. The standard InChI is InChI=1S/C23H35NO/c1-5-20(25)24-15-21(3)10-6-11-22(4)18(21)9-12-23-13-16(2)17(14-23)7-8-19(22)23/h1,16-19H,6-15H2,2-4H3,(H,24,25)/t16?,17-,18?,19?,21+,22-,23-/m1/s1. The smallest absolute Gasteiger partial charge is 0.295 e. The lowest BCUT2D eigenvalue weighted by atomic mass is 9.41. The van der Waals surface area contributed by atoms with Crippen molar-refractivity contribution < 1.29 is 4.79 Å². The topological polar surface area (TPSA) is 29.1 Å². The molecule has 2 nitrogen and oxygen atoms in total. The van der Waals surface area contributed by atoms with E-state index in [1.807, 2.05) is 0 Å². The van der Waals surface area contributed by atoms with Crippen LogP contribution in [0.25, 0.3) is 0 Å². The maximum absolute atomic E-state index is 11.7. The molecule has 1 N–H and O–H groups in total. The van der Waals surface area contributed by atoms with Crippen molar-refractivity contribution in [3.63, 3.8) is 0 Å². The molecule has 0 saturated heterocycles. The highest BCUT2D eigenvalue weighted by atomic mass is 16.1. The van der Waals surface area contributed by atoms with Crippen LogP contribution in [0.15, 0.2) is 0 Å². The van der Waals surface area contributed by atoms with Crippen LogP contribution in [0.3, 0.4) is 0 Å². The van der Waals surface area contributed by atoms with Gasteiger partial charge in [0.1, 0.15) is 0 Å². The fourth-order valence-corrected chi connectivity index (χ4v) is 8.47. The summed E-state index contributed by atoms with van der Waals surface area (Å²) in [5.41, 5.74) is 1.32. The minimum absolute atomic E-state index is 0.211. The van der Waals surface area contributed by atoms with Gasteiger partial charge in [0.05, 0.1) is 0 Å². The highest BCUT2D eigenvalue weighted by molar-refractivity contribution is 5.92. The molecule has 0 aromatic carbocycles. The summed E-state index contributed by atoms with van der Waals surface area (Å²) in [6.07, 6.45) is 17.9. The molecule has 0 heterocycles. The van der Waals surface area contributed by atoms with E-state index >= 15 is 0 Å². The van der Waals surface area contributed by atoms with Crippen molar-refractivity contribution in [1.82, 2.24) is 5.32 Å². The molecule has 4 rings (SSSR count). The van der Waals surface area contributed by atoms with E-state index in [4.69, 9.17) is 6.42 Å². The highest BCUT2D eigenvalue weighted by Crippen LogP contribution is 2.72. The first kappa shape index (κ1) is 17.4. The molecule has 138 valence electrons. The Morgan fingerprint density at radius 3 is 2.68 bits per heavy atom. The van der Waals surface area contributed by atoms with E-state index in [-0.39, 0.29) is 11.3 Å². The minimum Gasteiger partial charge on any atom is -0.345 e. The van der Waals surface area contributed by atoms with E-state index < -0.39 is 0 Å². The third kappa shape index (κ3) is 2.48. The summed E-state index contributed by atoms with van der Waals surface area (Å²) in [4.78, 5) is 11.7. The van der Waals surface area contributed by atoms with Crippen LogP contribution in [0, 0.1) is 52.3 Å². The zero-order chi connectivity index (χ0) is 17.9. The van der Waals surface area contributed by atoms with Crippen LogP contribution in [0.4, 0.5) is 0 Å². The second-order valence-electron chi connectivity index (χ2n) is 10.6. The monoisotopic (exact) mass is 341 g/mol. The third-order valence-corrected chi connectivity index (χ3v) is 9.38. The van der Waals surface area contributed by atoms with Crippen LogP contribution in [-0.2, 0) is 4.79 Å². The van der Waals surface area contributed by atoms with Crippen LogP contribution in [0.1, 0.15) is 78.6 Å². The molecule has 1 spiro atoms. The summed E-state index contributed by atoms with van der Waals surface area (Å²) in [5, 5.41) is 3.03. The summed E-state index contributed by atoms with van der Waals surface area (Å²) in [6, 6.07) is 0. The number of hydrogen-bond donors (Lipinski definition) is 1. The average Bonchev–Trinajstić information content (AvgIpc) is 2.81. The molecule has 3 unspecified atom stereocenters. The van der Waals surface area contributed by atoms with Crippen LogP contribution >= 0.6 is 0 Å². The van der Waals surface area contributed by atoms with Crippen molar-refractivity contribution in [2.75, 3.05) is 6.54 Å². The molecule has 1 amide bonds. The number of terminal acetylenes is 1. The van der Waals surface area contributed by atoms with E-state index in [1.165, 1.54) is 57.8 Å². The van der Waals surface area contributed by atoms with Gasteiger partial charge in [-0.1, -0.05) is 27.2 Å². The Morgan fingerprint density at radius 2 is 1.92 bits per heavy atom. The Morgan fingerprint density at radius 1 is 1.12 bits per heavy atom. The quantitative estimate of drug-likeness (QED) is 0.719. The summed E-state index contributed by atoms with van der Waals surface area (Å²) in [5.74, 6) is 5.56. The minimum atomic E-state index is -0.245. The number of carbonyl (C=O) groups excluding carboxylic acids is 1. The van der Waals surface area contributed by atoms with Gasteiger partial charge in [-0.3, -0.25) is 4.79 Å². The van der Waals surface area contributed by atoms with Gasteiger partial charge in [-0.25, -0.2) is 0 Å². The third-order valence-electron chi connectivity index (χ3n) is 9.38. The SMILES string of the molecule is C#CC(=O)NC[C@]1(C)CCC[C@]2(C)C1CC[C@]13CC(C)[C@H](CCC12)C3. The predicted molar refractivity (Wildman–Crippen MR) is 102 cm³/mol. The summed E-state index contributed by atoms with van der Waals surface area (Å²) in [7, 11) is 0. The molecular formula is C23H35NO. The van der Waals surface area contributed by atoms with E-state index in [1.54, 1.807) is 0 Å². The second-order valence-corrected chi connectivity index (χ2v) is 10.6. The van der Waals surface area contributed by atoms with Gasteiger partial charge >= 0.3 is 0 Å². The number of fused-ring (bicyclic) bond motifs is 3. The fraction of sp³-hybridized carbons (Fsp3) is 0.870. The average molecular weight is 342 g/mol. The molecule has 2 heteroatoms. The predicted octanol–water partition coefficient (Wildman–Crippen LogP) is 4.78. The number of hydrogen-bond acceptors (Lipinski definition) is 1. The molecule has 4 fully saturated rings. The second kappa shape index (κ2) is 5.77. The van der Waals surface area contributed by atoms with Crippen LogP contribution in [-0.4, -0.2) is 12.5 Å². The number of amides is 1. The van der Waals surface area contributed by atoms with E-state index in [9.17, 15) is 4.79 Å². The Bertz CT molecular complexity index is 602. The molecule has 4 saturated carbocycles. The van der Waals surface area contributed by atoms with Crippen molar-refractivity contribution in [2.24, 2.45) is 39.9 Å². The number of rotatable bonds is 2. The van der Waals surface area contributed by atoms with Gasteiger partial charge in [-0.2, -0.15) is 0 Å². The van der Waals surface area contributed by atoms with Gasteiger partial charge in [0.15, 0.2) is 0 Å². The van der Waals surface area contributed by atoms with E-state index in [0.717, 1.165) is 30.2 Å². The molecule has 4 aliphatic carbocycles. The fourth-order valence-electron chi connectivity index (χ4n) is 8.47. The Hall–Kier alpha value is -0.970. The first-order valence-corrected chi connectivity index (χ1v) is 10.6.